The Balaban J connectivity index is 1.87. The summed E-state index contributed by atoms with van der Waals surface area (Å²) in [6, 6.07) is 26.4. The van der Waals surface area contributed by atoms with Crippen molar-refractivity contribution in [2.75, 3.05) is 0 Å². The van der Waals surface area contributed by atoms with Gasteiger partial charge in [-0.1, -0.05) is 66.7 Å². The predicted molar refractivity (Wildman–Crippen MR) is 119 cm³/mol. The highest BCUT2D eigenvalue weighted by molar-refractivity contribution is 5.95. The largest absolute Gasteiger partial charge is 0.508 e. The average Bonchev–Trinajstić information content (AvgIpc) is 3.16. The molecule has 0 radical (unpaired) electrons. The Morgan fingerprint density at radius 2 is 1.00 bits per heavy atom. The molecule has 29 heavy (non-hydrogen) atoms. The second-order valence-corrected chi connectivity index (χ2v) is 8.51. The molecule has 0 aliphatic heterocycles. The number of hydrogen-bond donors (Lipinski definition) is 1. The van der Waals surface area contributed by atoms with E-state index in [4.69, 9.17) is 0 Å². The first-order valence-electron chi connectivity index (χ1n) is 10.2. The van der Waals surface area contributed by atoms with Gasteiger partial charge in [-0.2, -0.15) is 0 Å². The molecule has 0 aromatic heterocycles. The fraction of sp³-hybridized carbons (Fsp3) is 0.143. The van der Waals surface area contributed by atoms with E-state index < -0.39 is 0 Å². The molecule has 0 saturated carbocycles. The molecule has 0 bridgehead atoms. The molecule has 4 aromatic carbocycles. The van der Waals surface area contributed by atoms with Gasteiger partial charge in [0.2, 0.25) is 0 Å². The minimum absolute atomic E-state index is 0.325. The lowest BCUT2D eigenvalue weighted by molar-refractivity contribution is 0.471. The first-order chi connectivity index (χ1) is 14.0. The second-order valence-electron chi connectivity index (χ2n) is 8.51. The van der Waals surface area contributed by atoms with Crippen molar-refractivity contribution in [2.24, 2.45) is 0 Å². The monoisotopic (exact) mass is 374 g/mol. The summed E-state index contributed by atoms with van der Waals surface area (Å²) in [7, 11) is 0. The third-order valence-corrected chi connectivity index (χ3v) is 7.02. The van der Waals surface area contributed by atoms with Gasteiger partial charge < -0.3 is 5.11 Å². The van der Waals surface area contributed by atoms with E-state index in [9.17, 15) is 5.11 Å². The number of aromatic hydroxyl groups is 1. The minimum Gasteiger partial charge on any atom is -0.508 e. The lowest BCUT2D eigenvalue weighted by Crippen LogP contribution is -2.26. The number of phenolic OH excluding ortho intramolecular Hbond substituents is 1. The number of aryl methyl sites for hydroxylation is 3. The lowest BCUT2D eigenvalue weighted by atomic mass is 9.70. The first kappa shape index (κ1) is 16.6. The van der Waals surface area contributed by atoms with E-state index in [0.717, 1.165) is 11.1 Å². The van der Waals surface area contributed by atoms with E-state index in [1.54, 1.807) is 0 Å². The molecule has 1 atom stereocenters. The molecule has 0 fully saturated rings. The Labute approximate surface area is 171 Å². The molecular weight excluding hydrogens is 352 g/mol. The maximum absolute atomic E-state index is 10.5. The maximum atomic E-state index is 10.5. The average molecular weight is 374 g/mol. The van der Waals surface area contributed by atoms with E-state index in [0.29, 0.717) is 5.75 Å². The summed E-state index contributed by atoms with van der Waals surface area (Å²) in [5.41, 5.74) is 13.5. The fourth-order valence-electron chi connectivity index (χ4n) is 5.54. The normalized spacial score (nSPS) is 17.8. The summed E-state index contributed by atoms with van der Waals surface area (Å²) < 4.78 is 0. The summed E-state index contributed by atoms with van der Waals surface area (Å²) in [6.45, 7) is 6.40. The van der Waals surface area contributed by atoms with Crippen LogP contribution in [0.1, 0.15) is 38.9 Å². The van der Waals surface area contributed by atoms with E-state index in [-0.39, 0.29) is 5.41 Å². The van der Waals surface area contributed by atoms with Crippen LogP contribution in [0.4, 0.5) is 0 Å². The van der Waals surface area contributed by atoms with Gasteiger partial charge >= 0.3 is 0 Å². The second kappa shape index (κ2) is 5.39. The number of benzene rings is 4. The van der Waals surface area contributed by atoms with E-state index >= 15 is 0 Å². The van der Waals surface area contributed by atoms with Crippen molar-refractivity contribution in [1.82, 2.24) is 0 Å². The molecule has 2 aliphatic carbocycles. The van der Waals surface area contributed by atoms with Crippen molar-refractivity contribution in [3.05, 3.63) is 112 Å². The van der Waals surface area contributed by atoms with Crippen molar-refractivity contribution in [3.8, 4) is 28.0 Å². The third kappa shape index (κ3) is 1.86. The standard InChI is InChI=1S/C28H22O/c1-16-12-21-19-8-4-6-10-23(19)28(25(21)13-17(16)2)24-11-7-5-9-20(24)22-15-27(29)18(3)14-26(22)28/h4-15,29H,1-3H3. The molecule has 1 spiro atoms. The molecule has 0 saturated heterocycles. The van der Waals surface area contributed by atoms with Crippen molar-refractivity contribution in [3.63, 3.8) is 0 Å². The summed E-state index contributed by atoms with van der Waals surface area (Å²) >= 11 is 0. The van der Waals surface area contributed by atoms with Crippen LogP contribution in [0.3, 0.4) is 0 Å². The van der Waals surface area contributed by atoms with Crippen LogP contribution in [0.5, 0.6) is 5.75 Å². The number of phenols is 1. The van der Waals surface area contributed by atoms with Crippen molar-refractivity contribution < 1.29 is 5.11 Å². The molecule has 2 aliphatic rings. The van der Waals surface area contributed by atoms with E-state index in [2.05, 4.69) is 80.6 Å². The van der Waals surface area contributed by atoms with Crippen LogP contribution in [-0.2, 0) is 5.41 Å². The molecule has 4 aromatic rings. The Morgan fingerprint density at radius 1 is 0.517 bits per heavy atom. The van der Waals surface area contributed by atoms with E-state index in [1.165, 1.54) is 50.1 Å². The first-order valence-corrected chi connectivity index (χ1v) is 10.2. The van der Waals surface area contributed by atoms with Gasteiger partial charge in [-0.05, 0) is 88.0 Å². The summed E-state index contributed by atoms with van der Waals surface area (Å²) in [4.78, 5) is 0. The SMILES string of the molecule is Cc1cc2c(cc1C)C1(c3ccccc3-2)c2ccccc2-c2cc(O)c(C)cc21. The van der Waals surface area contributed by atoms with Crippen LogP contribution in [0, 0.1) is 20.8 Å². The highest BCUT2D eigenvalue weighted by atomic mass is 16.3. The summed E-state index contributed by atoms with van der Waals surface area (Å²) in [5, 5.41) is 10.5. The number of fused-ring (bicyclic) bond motifs is 10. The smallest absolute Gasteiger partial charge is 0.119 e. The molecular formula is C28H22O. The molecule has 0 heterocycles. The molecule has 1 unspecified atom stereocenters. The highest BCUT2D eigenvalue weighted by Crippen LogP contribution is 2.63. The lowest BCUT2D eigenvalue weighted by Gasteiger charge is -2.31. The van der Waals surface area contributed by atoms with Crippen LogP contribution in [0.25, 0.3) is 22.3 Å². The zero-order valence-electron chi connectivity index (χ0n) is 16.9. The van der Waals surface area contributed by atoms with Crippen LogP contribution in [0.15, 0.2) is 72.8 Å². The van der Waals surface area contributed by atoms with Gasteiger partial charge in [0, 0.05) is 0 Å². The number of rotatable bonds is 0. The molecule has 1 heteroatoms. The Morgan fingerprint density at radius 3 is 1.62 bits per heavy atom. The van der Waals surface area contributed by atoms with Crippen LogP contribution >= 0.6 is 0 Å². The number of hydrogen-bond acceptors (Lipinski definition) is 1. The van der Waals surface area contributed by atoms with E-state index in [1.807, 2.05) is 13.0 Å². The van der Waals surface area contributed by atoms with Gasteiger partial charge in [-0.25, -0.2) is 0 Å². The topological polar surface area (TPSA) is 20.2 Å². The Kier molecular flexibility index (Phi) is 3.09. The van der Waals surface area contributed by atoms with Gasteiger partial charge in [0.05, 0.1) is 5.41 Å². The fourth-order valence-corrected chi connectivity index (χ4v) is 5.54. The maximum Gasteiger partial charge on any atom is 0.119 e. The quantitative estimate of drug-likeness (QED) is 0.315. The minimum atomic E-state index is -0.325. The Hall–Kier alpha value is -3.32. The van der Waals surface area contributed by atoms with Crippen molar-refractivity contribution >= 4 is 0 Å². The van der Waals surface area contributed by atoms with Gasteiger partial charge in [0.1, 0.15) is 5.75 Å². The van der Waals surface area contributed by atoms with Crippen molar-refractivity contribution in [2.45, 2.75) is 26.2 Å². The zero-order chi connectivity index (χ0) is 19.9. The van der Waals surface area contributed by atoms with Crippen LogP contribution in [-0.4, -0.2) is 5.11 Å². The predicted octanol–water partition coefficient (Wildman–Crippen LogP) is 6.66. The molecule has 0 amide bonds. The third-order valence-electron chi connectivity index (χ3n) is 7.02. The summed E-state index contributed by atoms with van der Waals surface area (Å²) in [6.07, 6.45) is 0. The van der Waals surface area contributed by atoms with Gasteiger partial charge in [-0.15, -0.1) is 0 Å². The molecule has 1 N–H and O–H groups in total. The van der Waals surface area contributed by atoms with Gasteiger partial charge in [-0.3, -0.25) is 0 Å². The van der Waals surface area contributed by atoms with Gasteiger partial charge in [0.15, 0.2) is 0 Å². The molecule has 1 nitrogen and oxygen atoms in total. The Bertz CT molecular complexity index is 1240. The molecule has 140 valence electrons. The zero-order valence-corrected chi connectivity index (χ0v) is 16.9. The van der Waals surface area contributed by atoms with Crippen LogP contribution < -0.4 is 0 Å². The molecule has 6 rings (SSSR count). The highest BCUT2D eigenvalue weighted by Gasteiger charge is 2.51. The van der Waals surface area contributed by atoms with Crippen LogP contribution in [0.2, 0.25) is 0 Å². The summed E-state index contributed by atoms with van der Waals surface area (Å²) in [5.74, 6) is 0.363. The van der Waals surface area contributed by atoms with Gasteiger partial charge in [0.25, 0.3) is 0 Å². The van der Waals surface area contributed by atoms with Crippen molar-refractivity contribution in [1.29, 1.82) is 0 Å².